The Morgan fingerprint density at radius 3 is 2.43 bits per heavy atom. The predicted octanol–water partition coefficient (Wildman–Crippen LogP) is 3.78. The van der Waals surface area contributed by atoms with Gasteiger partial charge in [-0.2, -0.15) is 0 Å². The van der Waals surface area contributed by atoms with E-state index in [1.807, 2.05) is 18.2 Å². The van der Waals surface area contributed by atoms with Gasteiger partial charge in [-0.05, 0) is 37.9 Å². The Bertz CT molecular complexity index is 451. The van der Waals surface area contributed by atoms with Crippen molar-refractivity contribution in [3.8, 4) is 5.75 Å². The fourth-order valence-electron chi connectivity index (χ4n) is 3.31. The highest BCUT2D eigenvalue weighted by Gasteiger charge is 2.35. The molecule has 5 heteroatoms. The van der Waals surface area contributed by atoms with E-state index in [0.29, 0.717) is 27.6 Å². The monoisotopic (exact) mass is 329 g/mol. The molecule has 2 aliphatic heterocycles. The van der Waals surface area contributed by atoms with E-state index in [1.165, 1.54) is 0 Å². The van der Waals surface area contributed by atoms with E-state index >= 15 is 0 Å². The number of halogens is 2. The molecule has 2 fully saturated rings. The van der Waals surface area contributed by atoms with Gasteiger partial charge in [-0.1, -0.05) is 29.3 Å². The highest BCUT2D eigenvalue weighted by Crippen LogP contribution is 2.37. The minimum atomic E-state index is 0.154. The van der Waals surface area contributed by atoms with Crippen LogP contribution in [-0.2, 0) is 4.74 Å². The Kier molecular flexibility index (Phi) is 5.28. The van der Waals surface area contributed by atoms with Crippen LogP contribution in [0.1, 0.15) is 19.3 Å². The topological polar surface area (TPSA) is 30.5 Å². The summed E-state index contributed by atoms with van der Waals surface area (Å²) in [6.07, 6.45) is 3.39. The molecular weight excluding hydrogens is 309 g/mol. The van der Waals surface area contributed by atoms with Gasteiger partial charge in [0.15, 0.2) is 5.75 Å². The first kappa shape index (κ1) is 15.4. The van der Waals surface area contributed by atoms with Crippen LogP contribution in [0.4, 0.5) is 0 Å². The van der Waals surface area contributed by atoms with Crippen LogP contribution in [-0.4, -0.2) is 32.4 Å². The second kappa shape index (κ2) is 7.19. The number of benzene rings is 1. The van der Waals surface area contributed by atoms with Crippen molar-refractivity contribution in [1.82, 2.24) is 5.32 Å². The SMILES string of the molecule is Clc1cccc(Cl)c1O[C@H](C1CCOCC1)[C@H]1CCNC1. The summed E-state index contributed by atoms with van der Waals surface area (Å²) in [6, 6.07) is 5.51. The molecule has 1 N–H and O–H groups in total. The van der Waals surface area contributed by atoms with Gasteiger partial charge >= 0.3 is 0 Å². The zero-order valence-electron chi connectivity index (χ0n) is 12.0. The lowest BCUT2D eigenvalue weighted by Gasteiger charge is -2.34. The Morgan fingerprint density at radius 2 is 1.81 bits per heavy atom. The van der Waals surface area contributed by atoms with Crippen LogP contribution in [0, 0.1) is 11.8 Å². The summed E-state index contributed by atoms with van der Waals surface area (Å²) in [6.45, 7) is 3.70. The molecule has 3 nitrogen and oxygen atoms in total. The summed E-state index contributed by atoms with van der Waals surface area (Å²) < 4.78 is 11.8. The predicted molar refractivity (Wildman–Crippen MR) is 85.4 cm³/mol. The van der Waals surface area contributed by atoms with E-state index in [1.54, 1.807) is 0 Å². The van der Waals surface area contributed by atoms with E-state index in [4.69, 9.17) is 32.7 Å². The molecule has 0 spiro atoms. The molecule has 21 heavy (non-hydrogen) atoms. The molecule has 2 atom stereocenters. The minimum absolute atomic E-state index is 0.154. The van der Waals surface area contributed by atoms with Gasteiger partial charge < -0.3 is 14.8 Å². The van der Waals surface area contributed by atoms with Crippen LogP contribution in [0.3, 0.4) is 0 Å². The van der Waals surface area contributed by atoms with Gasteiger partial charge in [-0.15, -0.1) is 0 Å². The smallest absolute Gasteiger partial charge is 0.156 e. The average Bonchev–Trinajstić information content (AvgIpc) is 3.02. The molecule has 0 radical (unpaired) electrons. The molecule has 1 aromatic carbocycles. The van der Waals surface area contributed by atoms with E-state index in [2.05, 4.69) is 5.32 Å². The van der Waals surface area contributed by atoms with Gasteiger partial charge in [0.25, 0.3) is 0 Å². The van der Waals surface area contributed by atoms with Crippen LogP contribution >= 0.6 is 23.2 Å². The Morgan fingerprint density at radius 1 is 1.10 bits per heavy atom. The highest BCUT2D eigenvalue weighted by molar-refractivity contribution is 6.37. The maximum Gasteiger partial charge on any atom is 0.156 e. The number of para-hydroxylation sites is 1. The number of hydrogen-bond acceptors (Lipinski definition) is 3. The molecule has 3 rings (SSSR count). The normalized spacial score (nSPS) is 25.0. The molecule has 0 aromatic heterocycles. The fourth-order valence-corrected chi connectivity index (χ4v) is 3.80. The molecule has 2 saturated heterocycles. The third kappa shape index (κ3) is 3.65. The molecular formula is C16H21Cl2NO2. The Balaban J connectivity index is 1.80. The van der Waals surface area contributed by atoms with Crippen LogP contribution in [0.2, 0.25) is 10.0 Å². The van der Waals surface area contributed by atoms with Gasteiger partial charge in [-0.25, -0.2) is 0 Å². The van der Waals surface area contributed by atoms with Crippen LogP contribution in [0.5, 0.6) is 5.75 Å². The minimum Gasteiger partial charge on any atom is -0.487 e. The quantitative estimate of drug-likeness (QED) is 0.911. The standard InChI is InChI=1S/C16H21Cl2NO2/c17-13-2-1-3-14(18)16(13)21-15(12-4-7-19-10-12)11-5-8-20-9-6-11/h1-3,11-12,15,19H,4-10H2/t12-,15+/m0/s1. The van der Waals surface area contributed by atoms with Gasteiger partial charge in [0.1, 0.15) is 6.10 Å². The lowest BCUT2D eigenvalue weighted by Crippen LogP contribution is -2.39. The molecule has 116 valence electrons. The lowest BCUT2D eigenvalue weighted by molar-refractivity contribution is -0.00125. The molecule has 2 aliphatic rings. The van der Waals surface area contributed by atoms with Gasteiger partial charge in [0.05, 0.1) is 10.0 Å². The summed E-state index contributed by atoms with van der Waals surface area (Å²) in [5.74, 6) is 1.65. The summed E-state index contributed by atoms with van der Waals surface area (Å²) in [7, 11) is 0. The van der Waals surface area contributed by atoms with Crippen molar-refractivity contribution in [1.29, 1.82) is 0 Å². The zero-order valence-corrected chi connectivity index (χ0v) is 13.5. The summed E-state index contributed by atoms with van der Waals surface area (Å²) >= 11 is 12.5. The number of nitrogens with one attached hydrogen (secondary N) is 1. The molecule has 0 amide bonds. The average molecular weight is 330 g/mol. The molecule has 0 unspecified atom stereocenters. The summed E-state index contributed by atoms with van der Waals surface area (Å²) in [4.78, 5) is 0. The van der Waals surface area contributed by atoms with Crippen LogP contribution in [0.25, 0.3) is 0 Å². The van der Waals surface area contributed by atoms with Crippen molar-refractivity contribution in [2.24, 2.45) is 11.8 Å². The first-order chi connectivity index (χ1) is 10.3. The second-order valence-electron chi connectivity index (χ2n) is 5.84. The number of hydrogen-bond donors (Lipinski definition) is 1. The number of rotatable bonds is 4. The van der Waals surface area contributed by atoms with Crippen molar-refractivity contribution < 1.29 is 9.47 Å². The molecule has 0 bridgehead atoms. The van der Waals surface area contributed by atoms with E-state index in [0.717, 1.165) is 45.6 Å². The first-order valence-electron chi connectivity index (χ1n) is 7.65. The van der Waals surface area contributed by atoms with Gasteiger partial charge in [0, 0.05) is 31.6 Å². The summed E-state index contributed by atoms with van der Waals surface area (Å²) in [5.41, 5.74) is 0. The first-order valence-corrected chi connectivity index (χ1v) is 8.40. The Hall–Kier alpha value is -0.480. The number of ether oxygens (including phenoxy) is 2. The molecule has 0 saturated carbocycles. The molecule has 2 heterocycles. The maximum absolute atomic E-state index is 6.34. The van der Waals surface area contributed by atoms with Crippen LogP contribution in [0.15, 0.2) is 18.2 Å². The third-order valence-electron chi connectivity index (χ3n) is 4.47. The summed E-state index contributed by atoms with van der Waals surface area (Å²) in [5, 5.41) is 4.61. The highest BCUT2D eigenvalue weighted by atomic mass is 35.5. The molecule has 0 aliphatic carbocycles. The van der Waals surface area contributed by atoms with Gasteiger partial charge in [-0.3, -0.25) is 0 Å². The van der Waals surface area contributed by atoms with Crippen molar-refractivity contribution in [3.05, 3.63) is 28.2 Å². The van der Waals surface area contributed by atoms with Crippen molar-refractivity contribution >= 4 is 23.2 Å². The van der Waals surface area contributed by atoms with E-state index in [-0.39, 0.29) is 6.10 Å². The van der Waals surface area contributed by atoms with Crippen molar-refractivity contribution in [2.75, 3.05) is 26.3 Å². The van der Waals surface area contributed by atoms with Crippen molar-refractivity contribution in [2.45, 2.75) is 25.4 Å². The Labute approximate surface area is 135 Å². The maximum atomic E-state index is 6.34. The molecule has 1 aromatic rings. The fraction of sp³-hybridized carbons (Fsp3) is 0.625. The van der Waals surface area contributed by atoms with E-state index in [9.17, 15) is 0 Å². The third-order valence-corrected chi connectivity index (χ3v) is 5.06. The van der Waals surface area contributed by atoms with E-state index < -0.39 is 0 Å². The van der Waals surface area contributed by atoms with Crippen LogP contribution < -0.4 is 10.1 Å². The lowest BCUT2D eigenvalue weighted by atomic mass is 9.85. The largest absolute Gasteiger partial charge is 0.487 e. The van der Waals surface area contributed by atoms with Crippen molar-refractivity contribution in [3.63, 3.8) is 0 Å². The van der Waals surface area contributed by atoms with Gasteiger partial charge in [0.2, 0.25) is 0 Å². The second-order valence-corrected chi connectivity index (χ2v) is 6.65. The zero-order chi connectivity index (χ0) is 14.7.